The van der Waals surface area contributed by atoms with Crippen LogP contribution in [0.4, 0.5) is 5.69 Å². The van der Waals surface area contributed by atoms with Gasteiger partial charge < -0.3 is 24.3 Å². The fourth-order valence-corrected chi connectivity index (χ4v) is 4.05. The second-order valence-electron chi connectivity index (χ2n) is 7.65. The average Bonchev–Trinajstić information content (AvgIpc) is 3.33. The normalized spacial score (nSPS) is 19.3. The van der Waals surface area contributed by atoms with Crippen molar-refractivity contribution >= 4 is 5.69 Å². The fraction of sp³-hybridized carbons (Fsp3) is 0.348. The molecular weight excluding hydrogens is 364 g/mol. The molecule has 1 fully saturated rings. The standard InChI is InChI=1S/C23H26N4O2/c1-2-4-23-22(3-1)28-16-21(29-23)15-25-18-9-12-26(13-10-18)19-5-7-20(8-6-19)27-14-11-24-17-27/h1-8,11,14,17-18,21,25H,9-10,12-13,15-16H2/t21-/m0/s1. The lowest BCUT2D eigenvalue weighted by molar-refractivity contribution is 0.0873. The first-order valence-electron chi connectivity index (χ1n) is 10.3. The van der Waals surface area contributed by atoms with Crippen molar-refractivity contribution in [1.29, 1.82) is 0 Å². The molecule has 0 amide bonds. The maximum absolute atomic E-state index is 6.05. The van der Waals surface area contributed by atoms with Gasteiger partial charge in [-0.3, -0.25) is 0 Å². The first kappa shape index (κ1) is 18.1. The second kappa shape index (κ2) is 8.17. The number of ether oxygens (including phenoxy) is 2. The Labute approximate surface area is 171 Å². The van der Waals surface area contributed by atoms with Crippen LogP contribution in [-0.2, 0) is 0 Å². The van der Waals surface area contributed by atoms with Crippen molar-refractivity contribution in [2.24, 2.45) is 0 Å². The molecule has 0 spiro atoms. The van der Waals surface area contributed by atoms with Gasteiger partial charge in [-0.05, 0) is 49.2 Å². The third-order valence-corrected chi connectivity index (χ3v) is 5.71. The largest absolute Gasteiger partial charge is 0.486 e. The number of benzene rings is 2. The highest BCUT2D eigenvalue weighted by Gasteiger charge is 2.24. The molecule has 29 heavy (non-hydrogen) atoms. The minimum atomic E-state index is 0.0682. The molecular formula is C23H26N4O2. The highest BCUT2D eigenvalue weighted by atomic mass is 16.6. The van der Waals surface area contributed by atoms with Gasteiger partial charge in [-0.1, -0.05) is 12.1 Å². The van der Waals surface area contributed by atoms with Crippen LogP contribution in [0, 0.1) is 0 Å². The summed E-state index contributed by atoms with van der Waals surface area (Å²) in [5, 5.41) is 3.68. The molecule has 0 radical (unpaired) electrons. The number of piperidine rings is 1. The zero-order chi connectivity index (χ0) is 19.5. The van der Waals surface area contributed by atoms with E-state index in [1.165, 1.54) is 5.69 Å². The lowest BCUT2D eigenvalue weighted by Gasteiger charge is -2.35. The summed E-state index contributed by atoms with van der Waals surface area (Å²) in [6.45, 7) is 3.55. The summed E-state index contributed by atoms with van der Waals surface area (Å²) in [7, 11) is 0. The highest BCUT2D eigenvalue weighted by Crippen LogP contribution is 2.30. The van der Waals surface area contributed by atoms with Crippen LogP contribution in [-0.4, -0.2) is 47.9 Å². The third kappa shape index (κ3) is 4.07. The van der Waals surface area contributed by atoms with Crippen molar-refractivity contribution in [3.8, 4) is 17.2 Å². The molecule has 2 aliphatic heterocycles. The lowest BCUT2D eigenvalue weighted by Crippen LogP contribution is -2.47. The van der Waals surface area contributed by atoms with Gasteiger partial charge in [0, 0.05) is 49.4 Å². The van der Waals surface area contributed by atoms with Crippen LogP contribution in [0.25, 0.3) is 5.69 Å². The summed E-state index contributed by atoms with van der Waals surface area (Å²) in [6.07, 6.45) is 7.92. The monoisotopic (exact) mass is 390 g/mol. The Balaban J connectivity index is 1.10. The zero-order valence-corrected chi connectivity index (χ0v) is 16.4. The number of anilines is 1. The quantitative estimate of drug-likeness (QED) is 0.725. The van der Waals surface area contributed by atoms with E-state index in [-0.39, 0.29) is 6.10 Å². The molecule has 0 unspecified atom stereocenters. The van der Waals surface area contributed by atoms with E-state index in [1.54, 1.807) is 6.20 Å². The van der Waals surface area contributed by atoms with Crippen LogP contribution in [0.2, 0.25) is 0 Å². The molecule has 1 aromatic heterocycles. The van der Waals surface area contributed by atoms with Gasteiger partial charge in [0.25, 0.3) is 0 Å². The molecule has 3 aromatic rings. The average molecular weight is 390 g/mol. The van der Waals surface area contributed by atoms with Crippen LogP contribution >= 0.6 is 0 Å². The summed E-state index contributed by atoms with van der Waals surface area (Å²) in [5.74, 6) is 1.69. The molecule has 6 nitrogen and oxygen atoms in total. The van der Waals surface area contributed by atoms with Gasteiger partial charge in [0.2, 0.25) is 0 Å². The molecule has 2 aliphatic rings. The first-order valence-corrected chi connectivity index (χ1v) is 10.3. The van der Waals surface area contributed by atoms with Gasteiger partial charge in [0.05, 0.1) is 6.33 Å². The molecule has 1 N–H and O–H groups in total. The van der Waals surface area contributed by atoms with Crippen molar-refractivity contribution < 1.29 is 9.47 Å². The molecule has 150 valence electrons. The van der Waals surface area contributed by atoms with E-state index in [4.69, 9.17) is 9.47 Å². The minimum absolute atomic E-state index is 0.0682. The predicted octanol–water partition coefficient (Wildman–Crippen LogP) is 3.27. The number of nitrogens with zero attached hydrogens (tertiary/aromatic N) is 3. The maximum atomic E-state index is 6.05. The molecule has 5 rings (SSSR count). The van der Waals surface area contributed by atoms with E-state index in [9.17, 15) is 0 Å². The van der Waals surface area contributed by atoms with E-state index >= 15 is 0 Å². The Bertz CT molecular complexity index is 918. The van der Waals surface area contributed by atoms with E-state index in [1.807, 2.05) is 41.4 Å². The number of hydrogen-bond acceptors (Lipinski definition) is 5. The number of nitrogens with one attached hydrogen (secondary N) is 1. The van der Waals surface area contributed by atoms with Crippen molar-refractivity contribution in [2.45, 2.75) is 25.0 Å². The van der Waals surface area contributed by atoms with Crippen LogP contribution in [0.1, 0.15) is 12.8 Å². The number of rotatable bonds is 5. The van der Waals surface area contributed by atoms with E-state index in [0.29, 0.717) is 12.6 Å². The zero-order valence-electron chi connectivity index (χ0n) is 16.4. The molecule has 1 saturated heterocycles. The maximum Gasteiger partial charge on any atom is 0.161 e. The van der Waals surface area contributed by atoms with Gasteiger partial charge >= 0.3 is 0 Å². The molecule has 2 aromatic carbocycles. The second-order valence-corrected chi connectivity index (χ2v) is 7.65. The Morgan fingerprint density at radius 3 is 2.48 bits per heavy atom. The van der Waals surface area contributed by atoms with Gasteiger partial charge in [0.1, 0.15) is 12.7 Å². The number of imidazole rings is 1. The summed E-state index contributed by atoms with van der Waals surface area (Å²) in [5.41, 5.74) is 2.42. The molecule has 0 saturated carbocycles. The molecule has 1 atom stereocenters. The SMILES string of the molecule is c1ccc2c(c1)OC[C@H](CNC1CCN(c3ccc(-n4ccnc4)cc3)CC1)O2. The number of para-hydroxylation sites is 2. The number of hydrogen-bond donors (Lipinski definition) is 1. The Kier molecular flexibility index (Phi) is 5.09. The van der Waals surface area contributed by atoms with Crippen molar-refractivity contribution in [2.75, 3.05) is 31.1 Å². The van der Waals surface area contributed by atoms with Gasteiger partial charge in [-0.15, -0.1) is 0 Å². The summed E-state index contributed by atoms with van der Waals surface area (Å²) < 4.78 is 13.9. The lowest BCUT2D eigenvalue weighted by atomic mass is 10.0. The summed E-state index contributed by atoms with van der Waals surface area (Å²) in [6, 6.07) is 17.1. The van der Waals surface area contributed by atoms with Gasteiger partial charge in [0.15, 0.2) is 11.5 Å². The van der Waals surface area contributed by atoms with Crippen LogP contribution < -0.4 is 19.7 Å². The fourth-order valence-electron chi connectivity index (χ4n) is 4.05. The third-order valence-electron chi connectivity index (χ3n) is 5.71. The van der Waals surface area contributed by atoms with Gasteiger partial charge in [-0.25, -0.2) is 4.98 Å². The van der Waals surface area contributed by atoms with Crippen molar-refractivity contribution in [3.63, 3.8) is 0 Å². The number of fused-ring (bicyclic) bond motifs is 1. The smallest absolute Gasteiger partial charge is 0.161 e. The highest BCUT2D eigenvalue weighted by molar-refractivity contribution is 5.51. The van der Waals surface area contributed by atoms with Crippen molar-refractivity contribution in [3.05, 3.63) is 67.3 Å². The van der Waals surface area contributed by atoms with E-state index in [0.717, 1.165) is 49.7 Å². The Morgan fingerprint density at radius 2 is 1.72 bits per heavy atom. The first-order chi connectivity index (χ1) is 14.3. The van der Waals surface area contributed by atoms with Crippen LogP contribution in [0.15, 0.2) is 67.3 Å². The molecule has 0 bridgehead atoms. The van der Waals surface area contributed by atoms with E-state index in [2.05, 4.69) is 39.5 Å². The summed E-state index contributed by atoms with van der Waals surface area (Å²) in [4.78, 5) is 6.57. The molecule has 0 aliphatic carbocycles. The van der Waals surface area contributed by atoms with Crippen LogP contribution in [0.5, 0.6) is 11.5 Å². The number of aromatic nitrogens is 2. The minimum Gasteiger partial charge on any atom is -0.486 e. The van der Waals surface area contributed by atoms with Crippen molar-refractivity contribution in [1.82, 2.24) is 14.9 Å². The molecule has 3 heterocycles. The Hall–Kier alpha value is -2.99. The van der Waals surface area contributed by atoms with Gasteiger partial charge in [-0.2, -0.15) is 0 Å². The Morgan fingerprint density at radius 1 is 0.966 bits per heavy atom. The summed E-state index contributed by atoms with van der Waals surface area (Å²) >= 11 is 0. The van der Waals surface area contributed by atoms with Crippen LogP contribution in [0.3, 0.4) is 0 Å². The predicted molar refractivity (Wildman–Crippen MR) is 113 cm³/mol. The van der Waals surface area contributed by atoms with E-state index < -0.39 is 0 Å². The molecule has 6 heteroatoms. The topological polar surface area (TPSA) is 51.5 Å².